The largest absolute Gasteiger partial charge is 0.494 e. The minimum atomic E-state index is -0.398. The molecule has 102 valence electrons. The Morgan fingerprint density at radius 2 is 2.15 bits per heavy atom. The molecule has 3 aromatic rings. The first-order valence-corrected chi connectivity index (χ1v) is 7.02. The molecule has 0 radical (unpaired) electrons. The molecule has 6 heteroatoms. The van der Waals surface area contributed by atoms with E-state index in [1.165, 1.54) is 24.5 Å². The fourth-order valence-corrected chi connectivity index (χ4v) is 3.01. The standard InChI is InChI=1S/C14H10ClFN2OS/c1-19-12-7-8(5-6-10(12)16)17-14-18-11-4-2-3-9(15)13(11)20-14/h2-7H,1H3,(H,17,18). The van der Waals surface area contributed by atoms with E-state index in [1.54, 1.807) is 12.1 Å². The van der Waals surface area contributed by atoms with Gasteiger partial charge in [0.15, 0.2) is 16.7 Å². The van der Waals surface area contributed by atoms with Gasteiger partial charge in [-0.15, -0.1) is 0 Å². The summed E-state index contributed by atoms with van der Waals surface area (Å²) in [7, 11) is 1.43. The van der Waals surface area contributed by atoms with E-state index in [-0.39, 0.29) is 5.75 Å². The third kappa shape index (κ3) is 2.42. The van der Waals surface area contributed by atoms with Gasteiger partial charge < -0.3 is 10.1 Å². The summed E-state index contributed by atoms with van der Waals surface area (Å²) < 4.78 is 19.2. The van der Waals surface area contributed by atoms with Crippen molar-refractivity contribution < 1.29 is 9.13 Å². The number of hydrogen-bond acceptors (Lipinski definition) is 4. The number of nitrogens with one attached hydrogen (secondary N) is 1. The Morgan fingerprint density at radius 1 is 1.30 bits per heavy atom. The van der Waals surface area contributed by atoms with Gasteiger partial charge in [-0.05, 0) is 24.3 Å². The molecule has 0 saturated heterocycles. The van der Waals surface area contributed by atoms with Crippen LogP contribution in [0.4, 0.5) is 15.2 Å². The Morgan fingerprint density at radius 3 is 2.90 bits per heavy atom. The Labute approximate surface area is 124 Å². The summed E-state index contributed by atoms with van der Waals surface area (Å²) in [4.78, 5) is 4.44. The molecule has 1 aromatic heterocycles. The van der Waals surface area contributed by atoms with Gasteiger partial charge in [-0.2, -0.15) is 0 Å². The maximum atomic E-state index is 13.3. The second-order valence-corrected chi connectivity index (χ2v) is 5.49. The van der Waals surface area contributed by atoms with Gasteiger partial charge >= 0.3 is 0 Å². The van der Waals surface area contributed by atoms with Gasteiger partial charge in [0, 0.05) is 11.8 Å². The molecule has 0 aliphatic rings. The molecule has 0 bridgehead atoms. The zero-order valence-corrected chi connectivity index (χ0v) is 12.1. The number of aromatic nitrogens is 1. The summed E-state index contributed by atoms with van der Waals surface area (Å²) in [5.41, 5.74) is 1.54. The lowest BCUT2D eigenvalue weighted by molar-refractivity contribution is 0.387. The first-order chi connectivity index (χ1) is 9.67. The lowest BCUT2D eigenvalue weighted by atomic mass is 10.3. The molecule has 20 heavy (non-hydrogen) atoms. The van der Waals surface area contributed by atoms with Crippen LogP contribution in [-0.4, -0.2) is 12.1 Å². The number of halogens is 2. The number of benzene rings is 2. The monoisotopic (exact) mass is 308 g/mol. The molecule has 0 atom stereocenters. The minimum absolute atomic E-state index is 0.189. The molecule has 2 aromatic carbocycles. The minimum Gasteiger partial charge on any atom is -0.494 e. The van der Waals surface area contributed by atoms with E-state index in [4.69, 9.17) is 16.3 Å². The molecule has 0 spiro atoms. The molecule has 1 heterocycles. The highest BCUT2D eigenvalue weighted by atomic mass is 35.5. The van der Waals surface area contributed by atoms with Crippen molar-refractivity contribution in [3.8, 4) is 5.75 Å². The van der Waals surface area contributed by atoms with Crippen molar-refractivity contribution in [2.24, 2.45) is 0 Å². The summed E-state index contributed by atoms with van der Waals surface area (Å²) in [5, 5.41) is 4.49. The van der Waals surface area contributed by atoms with Crippen molar-refractivity contribution in [3.63, 3.8) is 0 Å². The Balaban J connectivity index is 1.95. The van der Waals surface area contributed by atoms with Gasteiger partial charge in [0.05, 0.1) is 22.3 Å². The summed E-state index contributed by atoms with van der Waals surface area (Å²) >= 11 is 7.56. The van der Waals surface area contributed by atoms with Crippen LogP contribution < -0.4 is 10.1 Å². The maximum absolute atomic E-state index is 13.3. The van der Waals surface area contributed by atoms with Crippen molar-refractivity contribution in [1.82, 2.24) is 4.98 Å². The molecule has 0 aliphatic heterocycles. The van der Waals surface area contributed by atoms with Crippen molar-refractivity contribution in [2.75, 3.05) is 12.4 Å². The molecule has 0 aliphatic carbocycles. The highest BCUT2D eigenvalue weighted by Gasteiger charge is 2.08. The number of thiazole rings is 1. The Kier molecular flexibility index (Phi) is 3.46. The second kappa shape index (κ2) is 5.26. The number of hydrogen-bond donors (Lipinski definition) is 1. The Bertz CT molecular complexity index is 775. The second-order valence-electron chi connectivity index (χ2n) is 4.08. The lowest BCUT2D eigenvalue weighted by Gasteiger charge is -2.06. The van der Waals surface area contributed by atoms with Gasteiger partial charge in [-0.1, -0.05) is 29.0 Å². The fraction of sp³-hybridized carbons (Fsp3) is 0.0714. The van der Waals surface area contributed by atoms with E-state index < -0.39 is 5.82 Å². The molecule has 3 nitrogen and oxygen atoms in total. The van der Waals surface area contributed by atoms with Crippen molar-refractivity contribution in [1.29, 1.82) is 0 Å². The van der Waals surface area contributed by atoms with E-state index in [0.29, 0.717) is 15.8 Å². The molecule has 0 saturated carbocycles. The first kappa shape index (κ1) is 13.1. The van der Waals surface area contributed by atoms with Crippen LogP contribution in [0.2, 0.25) is 5.02 Å². The molecular weight excluding hydrogens is 299 g/mol. The third-order valence-corrected chi connectivity index (χ3v) is 4.22. The van der Waals surface area contributed by atoms with Crippen LogP contribution in [0, 0.1) is 5.82 Å². The number of nitrogens with zero attached hydrogens (tertiary/aromatic N) is 1. The van der Waals surface area contributed by atoms with E-state index >= 15 is 0 Å². The van der Waals surface area contributed by atoms with Crippen molar-refractivity contribution in [2.45, 2.75) is 0 Å². The van der Waals surface area contributed by atoms with E-state index in [1.807, 2.05) is 18.2 Å². The van der Waals surface area contributed by atoms with Gasteiger partial charge in [0.25, 0.3) is 0 Å². The number of ether oxygens (including phenoxy) is 1. The summed E-state index contributed by atoms with van der Waals surface area (Å²) in [5.74, 6) is -0.209. The van der Waals surface area contributed by atoms with Crippen LogP contribution in [0.25, 0.3) is 10.2 Å². The topological polar surface area (TPSA) is 34.1 Å². The van der Waals surface area contributed by atoms with Crippen LogP contribution in [-0.2, 0) is 0 Å². The zero-order valence-electron chi connectivity index (χ0n) is 10.5. The average Bonchev–Trinajstić information content (AvgIpc) is 2.85. The van der Waals surface area contributed by atoms with Crippen LogP contribution >= 0.6 is 22.9 Å². The highest BCUT2D eigenvalue weighted by Crippen LogP contribution is 2.33. The number of methoxy groups -OCH3 is 1. The van der Waals surface area contributed by atoms with Crippen molar-refractivity contribution in [3.05, 3.63) is 47.2 Å². The molecule has 3 rings (SSSR count). The van der Waals surface area contributed by atoms with Gasteiger partial charge in [-0.25, -0.2) is 9.37 Å². The van der Waals surface area contributed by atoms with E-state index in [0.717, 1.165) is 10.2 Å². The van der Waals surface area contributed by atoms with Crippen LogP contribution in [0.5, 0.6) is 5.75 Å². The number of anilines is 2. The third-order valence-electron chi connectivity index (χ3n) is 2.77. The van der Waals surface area contributed by atoms with Gasteiger partial charge in [0.1, 0.15) is 0 Å². The van der Waals surface area contributed by atoms with Crippen molar-refractivity contribution >= 4 is 44.0 Å². The van der Waals surface area contributed by atoms with Gasteiger partial charge in [-0.3, -0.25) is 0 Å². The SMILES string of the molecule is COc1cc(Nc2nc3cccc(Cl)c3s2)ccc1F. The highest BCUT2D eigenvalue weighted by molar-refractivity contribution is 7.22. The van der Waals surface area contributed by atoms with E-state index in [2.05, 4.69) is 10.3 Å². The van der Waals surface area contributed by atoms with Gasteiger partial charge in [0.2, 0.25) is 0 Å². The van der Waals surface area contributed by atoms with Crippen LogP contribution in [0.15, 0.2) is 36.4 Å². The number of rotatable bonds is 3. The maximum Gasteiger partial charge on any atom is 0.188 e. The predicted molar refractivity (Wildman–Crippen MR) is 80.9 cm³/mol. The normalized spacial score (nSPS) is 10.8. The molecule has 0 unspecified atom stereocenters. The summed E-state index contributed by atoms with van der Waals surface area (Å²) in [6, 6.07) is 10.1. The summed E-state index contributed by atoms with van der Waals surface area (Å²) in [6.45, 7) is 0. The Hall–Kier alpha value is -1.85. The molecular formula is C14H10ClFN2OS. The quantitative estimate of drug-likeness (QED) is 0.751. The molecule has 0 amide bonds. The predicted octanol–water partition coefficient (Wildman–Crippen LogP) is 4.84. The van der Waals surface area contributed by atoms with Crippen LogP contribution in [0.1, 0.15) is 0 Å². The average molecular weight is 309 g/mol. The first-order valence-electron chi connectivity index (χ1n) is 5.83. The zero-order chi connectivity index (χ0) is 14.1. The fourth-order valence-electron chi connectivity index (χ4n) is 1.83. The van der Waals surface area contributed by atoms with E-state index in [9.17, 15) is 4.39 Å². The lowest BCUT2D eigenvalue weighted by Crippen LogP contribution is -1.92. The molecule has 1 N–H and O–H groups in total. The molecule has 0 fully saturated rings. The smallest absolute Gasteiger partial charge is 0.188 e. The number of fused-ring (bicyclic) bond motifs is 1. The summed E-state index contributed by atoms with van der Waals surface area (Å²) in [6.07, 6.45) is 0. The van der Waals surface area contributed by atoms with Crippen LogP contribution in [0.3, 0.4) is 0 Å².